The zero-order valence-electron chi connectivity index (χ0n) is 23.5. The highest BCUT2D eigenvalue weighted by Crippen LogP contribution is 2.56. The van der Waals surface area contributed by atoms with Crippen molar-refractivity contribution in [1.82, 2.24) is 9.47 Å². The van der Waals surface area contributed by atoms with Gasteiger partial charge in [-0.3, -0.25) is 4.57 Å². The normalized spacial score (nSPS) is 25.3. The molecule has 1 fully saturated rings. The van der Waals surface area contributed by atoms with E-state index >= 15 is 0 Å². The van der Waals surface area contributed by atoms with Crippen LogP contribution in [0.2, 0.25) is 0 Å². The quantitative estimate of drug-likeness (QED) is 0.187. The van der Waals surface area contributed by atoms with Crippen molar-refractivity contribution in [3.05, 3.63) is 118 Å². The maximum absolute atomic E-state index is 5.60. The molecule has 0 spiro atoms. The first-order valence-corrected chi connectivity index (χ1v) is 16.3. The second-order valence-corrected chi connectivity index (χ2v) is 13.5. The van der Waals surface area contributed by atoms with Gasteiger partial charge < -0.3 is 4.90 Å². The molecular weight excluding hydrogens is 531 g/mol. The number of fused-ring (bicyclic) bond motifs is 13. The summed E-state index contributed by atoms with van der Waals surface area (Å²) in [5.41, 5.74) is 8.52. The second-order valence-electron chi connectivity index (χ2n) is 12.4. The van der Waals surface area contributed by atoms with Crippen molar-refractivity contribution < 1.29 is 0 Å². The highest BCUT2D eigenvalue weighted by Gasteiger charge is 2.64. The summed E-state index contributed by atoms with van der Waals surface area (Å²) in [6.07, 6.45) is 24.5. The maximum atomic E-state index is 5.60. The first-order chi connectivity index (χ1) is 20.8. The van der Waals surface area contributed by atoms with E-state index in [9.17, 15) is 0 Å². The number of nitrogens with zero attached hydrogens (tertiary/aromatic N) is 3. The lowest BCUT2D eigenvalue weighted by Gasteiger charge is -2.36. The standard InChI is InChI=1S/C38H31N3S/c1-3-13-24(14-4-1)38-23-40(38)37(39-30-20-11-10-19-29(30)38)41-31-21-12-9-17-27(31)33-25-15-7-8-16-26(25)34-28-18-5-2-6-22-32(28)42-36(34)35(33)41/h1,3-4,6-7,9-15,17,19-22,29-30H,2,5,8,16,18,23H2. The number of hydrogen-bond acceptors (Lipinski definition) is 3. The number of hydrogen-bond donors (Lipinski definition) is 0. The molecule has 4 heterocycles. The molecule has 10 rings (SSSR count). The minimum Gasteiger partial charge on any atom is -0.327 e. The van der Waals surface area contributed by atoms with Gasteiger partial charge >= 0.3 is 0 Å². The summed E-state index contributed by atoms with van der Waals surface area (Å²) in [7, 11) is 0. The zero-order chi connectivity index (χ0) is 27.4. The van der Waals surface area contributed by atoms with E-state index in [-0.39, 0.29) is 11.6 Å². The third kappa shape index (κ3) is 2.93. The third-order valence-electron chi connectivity index (χ3n) is 10.4. The highest BCUT2D eigenvalue weighted by atomic mass is 32.1. The predicted molar refractivity (Wildman–Crippen MR) is 177 cm³/mol. The number of benzene rings is 3. The number of aromatic nitrogens is 1. The molecule has 0 saturated carbocycles. The number of rotatable bonds is 1. The van der Waals surface area contributed by atoms with Gasteiger partial charge in [0.05, 0.1) is 33.9 Å². The van der Waals surface area contributed by atoms with Gasteiger partial charge in [0, 0.05) is 27.0 Å². The average molecular weight is 562 g/mol. The molecule has 5 aromatic rings. The molecule has 3 atom stereocenters. The van der Waals surface area contributed by atoms with Gasteiger partial charge in [-0.2, -0.15) is 0 Å². The van der Waals surface area contributed by atoms with E-state index in [4.69, 9.17) is 4.99 Å². The molecule has 1 saturated heterocycles. The van der Waals surface area contributed by atoms with Crippen molar-refractivity contribution in [3.8, 4) is 0 Å². The lowest BCUT2D eigenvalue weighted by Crippen LogP contribution is -2.42. The van der Waals surface area contributed by atoms with Crippen molar-refractivity contribution in [2.75, 3.05) is 6.54 Å². The number of allylic oxidation sites excluding steroid dienone is 4. The fourth-order valence-corrected chi connectivity index (χ4v) is 9.83. The van der Waals surface area contributed by atoms with Crippen molar-refractivity contribution in [1.29, 1.82) is 0 Å². The molecule has 5 aliphatic rings. The minimum atomic E-state index is -0.0649. The van der Waals surface area contributed by atoms with Crippen molar-refractivity contribution in [2.24, 2.45) is 10.9 Å². The molecule has 204 valence electrons. The van der Waals surface area contributed by atoms with E-state index in [1.165, 1.54) is 60.7 Å². The lowest BCUT2D eigenvalue weighted by molar-refractivity contribution is 0.353. The van der Waals surface area contributed by atoms with Gasteiger partial charge in [0.15, 0.2) is 0 Å². The zero-order valence-corrected chi connectivity index (χ0v) is 24.3. The Labute approximate surface area is 249 Å². The minimum absolute atomic E-state index is 0.0649. The highest BCUT2D eigenvalue weighted by molar-refractivity contribution is 7.21. The van der Waals surface area contributed by atoms with Crippen LogP contribution in [0, 0.1) is 5.92 Å². The largest absolute Gasteiger partial charge is 0.327 e. The summed E-state index contributed by atoms with van der Waals surface area (Å²) in [5.74, 6) is 1.44. The Balaban J connectivity index is 1.34. The van der Waals surface area contributed by atoms with Crippen LogP contribution in [0.25, 0.3) is 44.0 Å². The Morgan fingerprint density at radius 1 is 0.833 bits per heavy atom. The molecule has 0 bridgehead atoms. The van der Waals surface area contributed by atoms with Crippen LogP contribution >= 0.6 is 11.3 Å². The topological polar surface area (TPSA) is 20.3 Å². The van der Waals surface area contributed by atoms with E-state index in [0.717, 1.165) is 31.8 Å². The molecule has 3 nitrogen and oxygen atoms in total. The van der Waals surface area contributed by atoms with Crippen LogP contribution in [0.5, 0.6) is 0 Å². The first-order valence-electron chi connectivity index (χ1n) is 15.5. The molecular formula is C38H31N3S. The maximum Gasteiger partial charge on any atom is 0.207 e. The Morgan fingerprint density at radius 2 is 1.69 bits per heavy atom. The monoisotopic (exact) mass is 561 g/mol. The molecule has 3 aliphatic carbocycles. The third-order valence-corrected chi connectivity index (χ3v) is 11.6. The van der Waals surface area contributed by atoms with Crippen LogP contribution in [0.1, 0.15) is 46.4 Å². The fourth-order valence-electron chi connectivity index (χ4n) is 8.48. The number of aryl methyl sites for hydroxylation is 2. The fraction of sp³-hybridized carbons (Fsp3) is 0.237. The van der Waals surface area contributed by atoms with Gasteiger partial charge in [-0.25, -0.2) is 4.99 Å². The summed E-state index contributed by atoms with van der Waals surface area (Å²) in [6, 6.07) is 20.3. The molecule has 42 heavy (non-hydrogen) atoms. The van der Waals surface area contributed by atoms with Crippen LogP contribution in [0.15, 0.2) is 96.0 Å². The van der Waals surface area contributed by atoms with Gasteiger partial charge in [0.2, 0.25) is 5.96 Å². The Bertz CT molecular complexity index is 2120. The van der Waals surface area contributed by atoms with Gasteiger partial charge in [-0.1, -0.05) is 91.1 Å². The molecule has 2 aliphatic heterocycles. The van der Waals surface area contributed by atoms with Crippen LogP contribution in [0.4, 0.5) is 0 Å². The van der Waals surface area contributed by atoms with Crippen molar-refractivity contribution in [2.45, 2.75) is 43.7 Å². The molecule has 0 radical (unpaired) electrons. The summed E-state index contributed by atoms with van der Waals surface area (Å²) in [4.78, 5) is 9.65. The van der Waals surface area contributed by atoms with E-state index in [0.29, 0.717) is 5.92 Å². The number of aliphatic imine (C=N–C) groups is 1. The van der Waals surface area contributed by atoms with Gasteiger partial charge in [-0.05, 0) is 66.5 Å². The number of para-hydroxylation sites is 1. The van der Waals surface area contributed by atoms with E-state index in [1.807, 2.05) is 11.3 Å². The average Bonchev–Trinajstić information content (AvgIpc) is 3.67. The molecule has 0 amide bonds. The predicted octanol–water partition coefficient (Wildman–Crippen LogP) is 8.86. The molecule has 3 aromatic carbocycles. The summed E-state index contributed by atoms with van der Waals surface area (Å²) in [5, 5.41) is 4.28. The number of thiophene rings is 1. The Kier molecular flexibility index (Phi) is 4.71. The molecule has 3 unspecified atom stereocenters. The second kappa shape index (κ2) is 8.45. The van der Waals surface area contributed by atoms with E-state index < -0.39 is 0 Å². The van der Waals surface area contributed by atoms with Crippen molar-refractivity contribution in [3.63, 3.8) is 0 Å². The van der Waals surface area contributed by atoms with Crippen LogP contribution in [-0.2, 0) is 18.4 Å². The molecule has 0 N–H and O–H groups in total. The van der Waals surface area contributed by atoms with Crippen molar-refractivity contribution >= 4 is 61.3 Å². The Hall–Kier alpha value is -4.15. The SMILES string of the molecule is C1=CC2N=C(n3c4ccccc4c4c5c(c6c7c(sc6c43)C=CCCC7)CCC=C5)N3CC3(c3ccccc3)C2C=C1. The van der Waals surface area contributed by atoms with E-state index in [2.05, 4.69) is 113 Å². The first kappa shape index (κ1) is 23.4. The molecule has 2 aromatic heterocycles. The summed E-state index contributed by atoms with van der Waals surface area (Å²) >= 11 is 2.01. The van der Waals surface area contributed by atoms with Crippen LogP contribution in [-0.4, -0.2) is 28.0 Å². The summed E-state index contributed by atoms with van der Waals surface area (Å²) in [6.45, 7) is 0.987. The molecule has 4 heteroatoms. The van der Waals surface area contributed by atoms with Crippen LogP contribution in [0.3, 0.4) is 0 Å². The van der Waals surface area contributed by atoms with Gasteiger partial charge in [-0.15, -0.1) is 11.3 Å². The van der Waals surface area contributed by atoms with Crippen LogP contribution < -0.4 is 0 Å². The van der Waals surface area contributed by atoms with Gasteiger partial charge in [0.25, 0.3) is 0 Å². The Morgan fingerprint density at radius 3 is 2.64 bits per heavy atom. The summed E-state index contributed by atoms with van der Waals surface area (Å²) < 4.78 is 4.00. The van der Waals surface area contributed by atoms with E-state index in [1.54, 1.807) is 11.1 Å². The smallest absolute Gasteiger partial charge is 0.207 e. The lowest BCUT2D eigenvalue weighted by atomic mass is 9.78. The van der Waals surface area contributed by atoms with Gasteiger partial charge in [0.1, 0.15) is 0 Å².